The minimum Gasteiger partial charge on any atom is -0.353 e. The summed E-state index contributed by atoms with van der Waals surface area (Å²) in [5.74, 6) is 1.34. The predicted octanol–water partition coefficient (Wildman–Crippen LogP) is 2.52. The number of carbonyl (C=O) groups is 1. The molecule has 114 valence electrons. The van der Waals surface area contributed by atoms with Crippen molar-refractivity contribution in [1.82, 2.24) is 9.88 Å². The van der Waals surface area contributed by atoms with Crippen molar-refractivity contribution >= 4 is 23.1 Å². The van der Waals surface area contributed by atoms with Crippen LogP contribution >= 0.6 is 11.3 Å². The minimum atomic E-state index is -0.193. The van der Waals surface area contributed by atoms with E-state index in [0.717, 1.165) is 44.8 Å². The molecule has 2 aromatic rings. The summed E-state index contributed by atoms with van der Waals surface area (Å²) in [4.78, 5) is 22.9. The number of amides is 1. The maximum Gasteiger partial charge on any atom is 0.234 e. The molecule has 0 radical (unpaired) electrons. The first-order valence-electron chi connectivity index (χ1n) is 7.79. The average molecular weight is 313 g/mol. The van der Waals surface area contributed by atoms with Crippen LogP contribution in [0.15, 0.2) is 41.9 Å². The number of piperazine rings is 1. The molecule has 2 aliphatic rings. The second-order valence-electron chi connectivity index (χ2n) is 6.03. The zero-order valence-corrected chi connectivity index (χ0v) is 13.3. The Bertz CT molecular complexity index is 644. The quantitative estimate of drug-likeness (QED) is 0.874. The third kappa shape index (κ3) is 2.29. The Morgan fingerprint density at radius 1 is 1.09 bits per heavy atom. The van der Waals surface area contributed by atoms with E-state index >= 15 is 0 Å². The predicted molar refractivity (Wildman–Crippen MR) is 88.3 cm³/mol. The lowest BCUT2D eigenvalue weighted by Gasteiger charge is -2.37. The number of aromatic nitrogens is 1. The average Bonchev–Trinajstić information content (AvgIpc) is 3.21. The number of hydrogen-bond donors (Lipinski definition) is 0. The molecule has 4 nitrogen and oxygen atoms in total. The third-order valence-electron chi connectivity index (χ3n) is 4.69. The Morgan fingerprint density at radius 2 is 1.91 bits per heavy atom. The summed E-state index contributed by atoms with van der Waals surface area (Å²) in [5, 5.41) is 2.07. The monoisotopic (exact) mass is 313 g/mol. The number of nitrogens with zero attached hydrogens (tertiary/aromatic N) is 3. The molecule has 2 aromatic heterocycles. The van der Waals surface area contributed by atoms with Crippen molar-refractivity contribution in [2.24, 2.45) is 0 Å². The van der Waals surface area contributed by atoms with Gasteiger partial charge in [-0.1, -0.05) is 12.1 Å². The van der Waals surface area contributed by atoms with Crippen molar-refractivity contribution in [1.29, 1.82) is 0 Å². The van der Waals surface area contributed by atoms with Gasteiger partial charge in [0.25, 0.3) is 0 Å². The zero-order chi connectivity index (χ0) is 15.0. The molecule has 0 aromatic carbocycles. The van der Waals surface area contributed by atoms with Gasteiger partial charge in [0.15, 0.2) is 0 Å². The zero-order valence-electron chi connectivity index (χ0n) is 12.4. The van der Waals surface area contributed by atoms with Crippen molar-refractivity contribution in [3.8, 4) is 0 Å². The lowest BCUT2D eigenvalue weighted by Crippen LogP contribution is -2.51. The van der Waals surface area contributed by atoms with E-state index in [1.807, 2.05) is 35.4 Å². The molecular weight excluding hydrogens is 294 g/mol. The molecule has 1 saturated carbocycles. The molecule has 1 aliphatic heterocycles. The first kappa shape index (κ1) is 13.8. The van der Waals surface area contributed by atoms with Gasteiger partial charge in [-0.3, -0.25) is 4.79 Å². The molecule has 0 atom stereocenters. The Balaban J connectivity index is 1.43. The van der Waals surface area contributed by atoms with Gasteiger partial charge in [0.05, 0.1) is 5.41 Å². The Morgan fingerprint density at radius 3 is 2.50 bits per heavy atom. The van der Waals surface area contributed by atoms with Crippen LogP contribution in [0, 0.1) is 0 Å². The van der Waals surface area contributed by atoms with Gasteiger partial charge in [-0.05, 0) is 36.4 Å². The van der Waals surface area contributed by atoms with Gasteiger partial charge >= 0.3 is 0 Å². The van der Waals surface area contributed by atoms with Gasteiger partial charge in [0.1, 0.15) is 5.82 Å². The van der Waals surface area contributed by atoms with Crippen LogP contribution in [-0.4, -0.2) is 42.0 Å². The third-order valence-corrected chi connectivity index (χ3v) is 5.77. The molecule has 22 heavy (non-hydrogen) atoms. The summed E-state index contributed by atoms with van der Waals surface area (Å²) in [5.41, 5.74) is -0.193. The van der Waals surface area contributed by atoms with Gasteiger partial charge in [-0.25, -0.2) is 4.98 Å². The van der Waals surface area contributed by atoms with E-state index in [1.165, 1.54) is 4.88 Å². The highest BCUT2D eigenvalue weighted by molar-refractivity contribution is 7.10. The maximum atomic E-state index is 12.9. The van der Waals surface area contributed by atoms with Crippen molar-refractivity contribution in [3.05, 3.63) is 46.8 Å². The Hall–Kier alpha value is -1.88. The summed E-state index contributed by atoms with van der Waals surface area (Å²) < 4.78 is 0. The van der Waals surface area contributed by atoms with Crippen LogP contribution in [-0.2, 0) is 10.2 Å². The van der Waals surface area contributed by atoms with Gasteiger partial charge in [-0.2, -0.15) is 0 Å². The highest BCUT2D eigenvalue weighted by Crippen LogP contribution is 2.51. The fraction of sp³-hybridized carbons (Fsp3) is 0.412. The van der Waals surface area contributed by atoms with E-state index in [0.29, 0.717) is 5.91 Å². The van der Waals surface area contributed by atoms with E-state index in [-0.39, 0.29) is 5.41 Å². The molecule has 4 rings (SSSR count). The second-order valence-corrected chi connectivity index (χ2v) is 6.97. The van der Waals surface area contributed by atoms with Crippen molar-refractivity contribution in [2.45, 2.75) is 18.3 Å². The van der Waals surface area contributed by atoms with Crippen LogP contribution in [0.1, 0.15) is 17.7 Å². The van der Waals surface area contributed by atoms with Crippen LogP contribution in [0.2, 0.25) is 0 Å². The number of pyridine rings is 1. The van der Waals surface area contributed by atoms with Crippen molar-refractivity contribution < 1.29 is 4.79 Å². The molecule has 0 bridgehead atoms. The fourth-order valence-electron chi connectivity index (χ4n) is 3.22. The lowest BCUT2D eigenvalue weighted by atomic mass is 10.0. The first-order chi connectivity index (χ1) is 10.8. The van der Waals surface area contributed by atoms with Gasteiger partial charge < -0.3 is 9.80 Å². The number of rotatable bonds is 3. The summed E-state index contributed by atoms with van der Waals surface area (Å²) in [6, 6.07) is 10.1. The Labute approximate surface area is 134 Å². The molecule has 3 heterocycles. The standard InChI is InChI=1S/C17H19N3OS/c21-16(17(6-7-17)14-4-3-13-22-14)20-11-9-19(10-12-20)15-5-1-2-8-18-15/h1-5,8,13H,6-7,9-12H2. The molecule has 2 fully saturated rings. The van der Waals surface area contributed by atoms with Gasteiger partial charge in [0.2, 0.25) is 5.91 Å². The molecule has 0 N–H and O–H groups in total. The van der Waals surface area contributed by atoms with Gasteiger partial charge in [-0.15, -0.1) is 11.3 Å². The number of carbonyl (C=O) groups excluding carboxylic acids is 1. The van der Waals surface area contributed by atoms with Crippen molar-refractivity contribution in [3.63, 3.8) is 0 Å². The van der Waals surface area contributed by atoms with Crippen LogP contribution in [0.4, 0.5) is 5.82 Å². The molecule has 1 saturated heterocycles. The second kappa shape index (κ2) is 5.39. The lowest BCUT2D eigenvalue weighted by molar-refractivity contribution is -0.134. The summed E-state index contributed by atoms with van der Waals surface area (Å²) in [6.45, 7) is 3.32. The van der Waals surface area contributed by atoms with Crippen LogP contribution in [0.3, 0.4) is 0 Å². The smallest absolute Gasteiger partial charge is 0.234 e. The topological polar surface area (TPSA) is 36.4 Å². The van der Waals surface area contributed by atoms with E-state index in [9.17, 15) is 4.79 Å². The number of anilines is 1. The minimum absolute atomic E-state index is 0.193. The molecule has 5 heteroatoms. The van der Waals surface area contributed by atoms with E-state index in [2.05, 4.69) is 21.3 Å². The highest BCUT2D eigenvalue weighted by Gasteiger charge is 2.53. The van der Waals surface area contributed by atoms with E-state index in [4.69, 9.17) is 0 Å². The van der Waals surface area contributed by atoms with E-state index in [1.54, 1.807) is 11.3 Å². The summed E-state index contributed by atoms with van der Waals surface area (Å²) >= 11 is 1.71. The van der Waals surface area contributed by atoms with Crippen LogP contribution < -0.4 is 4.90 Å². The SMILES string of the molecule is O=C(N1CCN(c2ccccn2)CC1)C1(c2cccs2)CC1. The molecular formula is C17H19N3OS. The number of hydrogen-bond acceptors (Lipinski definition) is 4. The van der Waals surface area contributed by atoms with Crippen LogP contribution in [0.25, 0.3) is 0 Å². The number of thiophene rings is 1. The largest absolute Gasteiger partial charge is 0.353 e. The molecule has 0 unspecified atom stereocenters. The first-order valence-corrected chi connectivity index (χ1v) is 8.67. The summed E-state index contributed by atoms with van der Waals surface area (Å²) in [6.07, 6.45) is 3.84. The highest BCUT2D eigenvalue weighted by atomic mass is 32.1. The van der Waals surface area contributed by atoms with E-state index < -0.39 is 0 Å². The molecule has 1 aliphatic carbocycles. The summed E-state index contributed by atoms with van der Waals surface area (Å²) in [7, 11) is 0. The molecule has 1 amide bonds. The molecule has 0 spiro atoms. The fourth-order valence-corrected chi connectivity index (χ4v) is 4.20. The normalized spacial score (nSPS) is 20.0. The maximum absolute atomic E-state index is 12.9. The van der Waals surface area contributed by atoms with Crippen LogP contribution in [0.5, 0.6) is 0 Å². The van der Waals surface area contributed by atoms with Gasteiger partial charge in [0, 0.05) is 37.3 Å². The van der Waals surface area contributed by atoms with Crippen molar-refractivity contribution in [2.75, 3.05) is 31.1 Å². The Kier molecular flexibility index (Phi) is 3.37.